The normalized spacial score (nSPS) is 17.5. The van der Waals surface area contributed by atoms with Crippen molar-refractivity contribution in [1.82, 2.24) is 0 Å². The van der Waals surface area contributed by atoms with Gasteiger partial charge >= 0.3 is 5.97 Å². The van der Waals surface area contributed by atoms with Gasteiger partial charge in [0.2, 0.25) is 5.91 Å². The summed E-state index contributed by atoms with van der Waals surface area (Å²) in [5, 5.41) is 9.04. The second kappa shape index (κ2) is 6.12. The summed E-state index contributed by atoms with van der Waals surface area (Å²) in [6.07, 6.45) is 0.856. The molecular formula is C18H18N2O3. The van der Waals surface area contributed by atoms with E-state index in [1.807, 2.05) is 48.5 Å². The van der Waals surface area contributed by atoms with Gasteiger partial charge < -0.3 is 15.7 Å². The van der Waals surface area contributed by atoms with Crippen LogP contribution >= 0.6 is 0 Å². The Labute approximate surface area is 134 Å². The molecule has 2 aromatic carbocycles. The SMILES string of the molecule is Nc1ccc(Cc2ccc(N3CC(C(=O)O)CC3=O)cc2)cc1. The lowest BCUT2D eigenvalue weighted by molar-refractivity contribution is -0.141. The van der Waals surface area contributed by atoms with E-state index in [-0.39, 0.29) is 18.9 Å². The zero-order valence-corrected chi connectivity index (χ0v) is 12.6. The fraction of sp³-hybridized carbons (Fsp3) is 0.222. The molecule has 0 bridgehead atoms. The van der Waals surface area contributed by atoms with Crippen LogP contribution in [-0.4, -0.2) is 23.5 Å². The van der Waals surface area contributed by atoms with E-state index in [9.17, 15) is 9.59 Å². The number of benzene rings is 2. The maximum atomic E-state index is 11.9. The molecule has 1 amide bonds. The number of anilines is 2. The molecule has 118 valence electrons. The molecular weight excluding hydrogens is 292 g/mol. The number of hydrogen-bond donors (Lipinski definition) is 2. The molecule has 0 radical (unpaired) electrons. The molecule has 0 aliphatic carbocycles. The highest BCUT2D eigenvalue weighted by Gasteiger charge is 2.34. The van der Waals surface area contributed by atoms with Crippen LogP contribution in [0.25, 0.3) is 0 Å². The lowest BCUT2D eigenvalue weighted by atomic mass is 10.0. The molecule has 1 fully saturated rings. The number of aliphatic carboxylic acids is 1. The molecule has 0 saturated carbocycles. The average Bonchev–Trinajstić information content (AvgIpc) is 2.93. The van der Waals surface area contributed by atoms with Crippen LogP contribution in [0.15, 0.2) is 48.5 Å². The highest BCUT2D eigenvalue weighted by Crippen LogP contribution is 2.26. The lowest BCUT2D eigenvalue weighted by Gasteiger charge is -2.16. The van der Waals surface area contributed by atoms with Crippen LogP contribution < -0.4 is 10.6 Å². The number of carbonyl (C=O) groups is 2. The molecule has 2 aromatic rings. The highest BCUT2D eigenvalue weighted by atomic mass is 16.4. The quantitative estimate of drug-likeness (QED) is 0.849. The molecule has 0 spiro atoms. The zero-order chi connectivity index (χ0) is 16.4. The Kier molecular flexibility index (Phi) is 4.02. The van der Waals surface area contributed by atoms with Gasteiger partial charge in [-0.2, -0.15) is 0 Å². The molecule has 3 N–H and O–H groups in total. The number of nitrogen functional groups attached to an aromatic ring is 1. The van der Waals surface area contributed by atoms with E-state index < -0.39 is 11.9 Å². The largest absolute Gasteiger partial charge is 0.481 e. The smallest absolute Gasteiger partial charge is 0.308 e. The van der Waals surface area contributed by atoms with Crippen molar-refractivity contribution in [1.29, 1.82) is 0 Å². The molecule has 1 unspecified atom stereocenters. The number of carbonyl (C=O) groups excluding carboxylic acids is 1. The minimum absolute atomic E-state index is 0.0719. The zero-order valence-electron chi connectivity index (χ0n) is 12.6. The van der Waals surface area contributed by atoms with Crippen molar-refractivity contribution >= 4 is 23.3 Å². The van der Waals surface area contributed by atoms with Crippen molar-refractivity contribution in [3.05, 3.63) is 59.7 Å². The standard InChI is InChI=1S/C18H18N2O3/c19-15-5-1-12(2-6-15)9-13-3-7-16(8-4-13)20-11-14(18(22)23)10-17(20)21/h1-8,14H,9-11,19H2,(H,22,23). The Morgan fingerprint density at radius 3 is 2.17 bits per heavy atom. The Bertz CT molecular complexity index is 723. The maximum Gasteiger partial charge on any atom is 0.308 e. The Morgan fingerprint density at radius 2 is 1.65 bits per heavy atom. The second-order valence-electron chi connectivity index (χ2n) is 5.83. The first-order chi connectivity index (χ1) is 11.0. The van der Waals surface area contributed by atoms with E-state index in [4.69, 9.17) is 10.8 Å². The second-order valence-corrected chi connectivity index (χ2v) is 5.83. The third-order valence-electron chi connectivity index (χ3n) is 4.11. The molecule has 1 atom stereocenters. The number of amides is 1. The van der Waals surface area contributed by atoms with E-state index in [0.717, 1.165) is 28.9 Å². The molecule has 0 aromatic heterocycles. The van der Waals surface area contributed by atoms with Crippen LogP contribution in [-0.2, 0) is 16.0 Å². The summed E-state index contributed by atoms with van der Waals surface area (Å²) >= 11 is 0. The van der Waals surface area contributed by atoms with Gasteiger partial charge in [-0.25, -0.2) is 0 Å². The van der Waals surface area contributed by atoms with E-state index in [1.165, 1.54) is 0 Å². The monoisotopic (exact) mass is 310 g/mol. The van der Waals surface area contributed by atoms with Gasteiger partial charge in [0, 0.05) is 24.3 Å². The number of nitrogens with zero attached hydrogens (tertiary/aromatic N) is 1. The summed E-state index contributed by atoms with van der Waals surface area (Å²) in [5.74, 6) is -1.67. The Morgan fingerprint density at radius 1 is 1.09 bits per heavy atom. The summed E-state index contributed by atoms with van der Waals surface area (Å²) in [6.45, 7) is 0.242. The highest BCUT2D eigenvalue weighted by molar-refractivity contribution is 5.99. The van der Waals surface area contributed by atoms with Gasteiger partial charge in [-0.1, -0.05) is 24.3 Å². The Balaban J connectivity index is 1.71. The summed E-state index contributed by atoms with van der Waals surface area (Å²) in [6, 6.07) is 15.4. The van der Waals surface area contributed by atoms with Gasteiger partial charge in [0.05, 0.1) is 5.92 Å². The summed E-state index contributed by atoms with van der Waals surface area (Å²) in [5.41, 5.74) is 9.45. The van der Waals surface area contributed by atoms with Crippen LogP contribution in [0.5, 0.6) is 0 Å². The van der Waals surface area contributed by atoms with E-state index in [1.54, 1.807) is 4.90 Å². The van der Waals surface area contributed by atoms with E-state index >= 15 is 0 Å². The first-order valence-electron chi connectivity index (χ1n) is 7.49. The van der Waals surface area contributed by atoms with Gasteiger partial charge in [0.1, 0.15) is 0 Å². The third-order valence-corrected chi connectivity index (χ3v) is 4.11. The minimum atomic E-state index is -0.916. The fourth-order valence-corrected chi connectivity index (χ4v) is 2.79. The average molecular weight is 310 g/mol. The van der Waals surface area contributed by atoms with Crippen molar-refractivity contribution in [3.63, 3.8) is 0 Å². The molecule has 23 heavy (non-hydrogen) atoms. The molecule has 1 aliphatic rings. The van der Waals surface area contributed by atoms with Crippen LogP contribution in [0.1, 0.15) is 17.5 Å². The van der Waals surface area contributed by atoms with Crippen LogP contribution in [0.4, 0.5) is 11.4 Å². The van der Waals surface area contributed by atoms with Crippen molar-refractivity contribution in [2.75, 3.05) is 17.2 Å². The fourth-order valence-electron chi connectivity index (χ4n) is 2.79. The van der Waals surface area contributed by atoms with Crippen LogP contribution in [0.2, 0.25) is 0 Å². The predicted octanol–water partition coefficient (Wildman–Crippen LogP) is 2.30. The Hall–Kier alpha value is -2.82. The van der Waals surface area contributed by atoms with Crippen molar-refractivity contribution < 1.29 is 14.7 Å². The molecule has 1 heterocycles. The number of rotatable bonds is 4. The summed E-state index contributed by atoms with van der Waals surface area (Å²) in [4.78, 5) is 24.5. The first-order valence-corrected chi connectivity index (χ1v) is 7.49. The molecule has 1 aliphatic heterocycles. The first kappa shape index (κ1) is 15.1. The van der Waals surface area contributed by atoms with Crippen LogP contribution in [0.3, 0.4) is 0 Å². The van der Waals surface area contributed by atoms with E-state index in [2.05, 4.69) is 0 Å². The van der Waals surface area contributed by atoms with Crippen molar-refractivity contribution in [3.8, 4) is 0 Å². The minimum Gasteiger partial charge on any atom is -0.481 e. The number of carboxylic acids is 1. The molecule has 5 heteroatoms. The summed E-state index contributed by atoms with van der Waals surface area (Å²) < 4.78 is 0. The summed E-state index contributed by atoms with van der Waals surface area (Å²) in [7, 11) is 0. The topological polar surface area (TPSA) is 83.6 Å². The maximum absolute atomic E-state index is 11.9. The molecule has 3 rings (SSSR count). The predicted molar refractivity (Wildman–Crippen MR) is 88.2 cm³/mol. The molecule has 1 saturated heterocycles. The van der Waals surface area contributed by atoms with Crippen molar-refractivity contribution in [2.24, 2.45) is 5.92 Å². The number of nitrogens with two attached hydrogens (primary N) is 1. The lowest BCUT2D eigenvalue weighted by Crippen LogP contribution is -2.25. The third kappa shape index (κ3) is 3.34. The van der Waals surface area contributed by atoms with Gasteiger partial charge in [-0.05, 0) is 41.8 Å². The van der Waals surface area contributed by atoms with Crippen LogP contribution in [0, 0.1) is 5.92 Å². The van der Waals surface area contributed by atoms with Gasteiger partial charge in [-0.3, -0.25) is 9.59 Å². The van der Waals surface area contributed by atoms with Gasteiger partial charge in [0.15, 0.2) is 0 Å². The van der Waals surface area contributed by atoms with Crippen molar-refractivity contribution in [2.45, 2.75) is 12.8 Å². The van der Waals surface area contributed by atoms with E-state index in [0.29, 0.717) is 0 Å². The number of hydrogen-bond acceptors (Lipinski definition) is 3. The number of carboxylic acid groups (broad SMARTS) is 1. The van der Waals surface area contributed by atoms with Gasteiger partial charge in [0.25, 0.3) is 0 Å². The van der Waals surface area contributed by atoms with Gasteiger partial charge in [-0.15, -0.1) is 0 Å². The molecule has 5 nitrogen and oxygen atoms in total.